The van der Waals surface area contributed by atoms with Crippen LogP contribution in [-0.2, 0) is 11.2 Å². The van der Waals surface area contributed by atoms with Crippen LogP contribution in [0.2, 0.25) is 0 Å². The summed E-state index contributed by atoms with van der Waals surface area (Å²) in [6, 6.07) is 7.99. The van der Waals surface area contributed by atoms with E-state index >= 15 is 0 Å². The van der Waals surface area contributed by atoms with Gasteiger partial charge in [-0.15, -0.1) is 11.6 Å². The number of halogens is 1. The number of carbonyl (C=O) groups excluding carboxylic acids is 1. The lowest BCUT2D eigenvalue weighted by molar-refractivity contribution is -0.123. The van der Waals surface area contributed by atoms with Crippen molar-refractivity contribution < 1.29 is 4.79 Å². The smallest absolute Gasteiger partial charge is 0.224 e. The SMILES string of the molecule is Cc1ccccc1CC(=O)NC1(CCl)CCC1. The normalized spacial score (nSPS) is 17.3. The number of nitrogens with one attached hydrogen (secondary N) is 1. The van der Waals surface area contributed by atoms with E-state index in [-0.39, 0.29) is 11.4 Å². The molecule has 0 atom stereocenters. The Morgan fingerprint density at radius 1 is 1.41 bits per heavy atom. The lowest BCUT2D eigenvalue weighted by Gasteiger charge is -2.41. The van der Waals surface area contributed by atoms with Crippen LogP contribution in [0.25, 0.3) is 0 Å². The Labute approximate surface area is 107 Å². The zero-order valence-electron chi connectivity index (χ0n) is 10.1. The second-order valence-electron chi connectivity index (χ2n) is 4.92. The third-order valence-electron chi connectivity index (χ3n) is 3.58. The molecule has 1 aliphatic carbocycles. The van der Waals surface area contributed by atoms with Crippen LogP contribution in [0, 0.1) is 6.92 Å². The first-order chi connectivity index (χ1) is 8.15. The number of alkyl halides is 1. The molecule has 1 aromatic carbocycles. The van der Waals surface area contributed by atoms with Gasteiger partial charge in [-0.05, 0) is 37.3 Å². The van der Waals surface area contributed by atoms with E-state index in [4.69, 9.17) is 11.6 Å². The molecule has 0 spiro atoms. The molecule has 1 fully saturated rings. The van der Waals surface area contributed by atoms with E-state index in [1.807, 2.05) is 31.2 Å². The molecule has 0 bridgehead atoms. The second-order valence-corrected chi connectivity index (χ2v) is 5.19. The quantitative estimate of drug-likeness (QED) is 0.820. The van der Waals surface area contributed by atoms with E-state index in [0.29, 0.717) is 12.3 Å². The van der Waals surface area contributed by atoms with Crippen molar-refractivity contribution in [1.82, 2.24) is 5.32 Å². The van der Waals surface area contributed by atoms with Crippen LogP contribution in [0.1, 0.15) is 30.4 Å². The van der Waals surface area contributed by atoms with E-state index in [9.17, 15) is 4.79 Å². The van der Waals surface area contributed by atoms with Gasteiger partial charge >= 0.3 is 0 Å². The van der Waals surface area contributed by atoms with Crippen molar-refractivity contribution >= 4 is 17.5 Å². The Bertz CT molecular complexity index is 407. The third kappa shape index (κ3) is 2.81. The van der Waals surface area contributed by atoms with E-state index in [1.165, 1.54) is 0 Å². The molecule has 17 heavy (non-hydrogen) atoms. The molecule has 3 heteroatoms. The van der Waals surface area contributed by atoms with Gasteiger partial charge in [0.25, 0.3) is 0 Å². The van der Waals surface area contributed by atoms with Crippen LogP contribution in [-0.4, -0.2) is 17.3 Å². The van der Waals surface area contributed by atoms with Crippen LogP contribution in [0.3, 0.4) is 0 Å². The Morgan fingerprint density at radius 3 is 2.65 bits per heavy atom. The van der Waals surface area contributed by atoms with Crippen molar-refractivity contribution in [3.05, 3.63) is 35.4 Å². The molecule has 92 valence electrons. The van der Waals surface area contributed by atoms with Gasteiger partial charge in [-0.25, -0.2) is 0 Å². The monoisotopic (exact) mass is 251 g/mol. The van der Waals surface area contributed by atoms with Gasteiger partial charge in [0, 0.05) is 5.88 Å². The highest BCUT2D eigenvalue weighted by molar-refractivity contribution is 6.18. The van der Waals surface area contributed by atoms with Gasteiger partial charge < -0.3 is 5.32 Å². The molecule has 1 aliphatic rings. The fraction of sp³-hybridized carbons (Fsp3) is 0.500. The first-order valence-electron chi connectivity index (χ1n) is 6.07. The molecule has 2 nitrogen and oxygen atoms in total. The van der Waals surface area contributed by atoms with Crippen molar-refractivity contribution in [2.45, 2.75) is 38.1 Å². The number of amides is 1. The highest BCUT2D eigenvalue weighted by atomic mass is 35.5. The molecule has 0 aliphatic heterocycles. The average Bonchev–Trinajstić information content (AvgIpc) is 2.27. The van der Waals surface area contributed by atoms with Crippen molar-refractivity contribution in [2.24, 2.45) is 0 Å². The van der Waals surface area contributed by atoms with E-state index in [1.54, 1.807) is 0 Å². The summed E-state index contributed by atoms with van der Waals surface area (Å²) in [7, 11) is 0. The zero-order chi connectivity index (χ0) is 12.3. The minimum atomic E-state index is -0.124. The fourth-order valence-electron chi connectivity index (χ4n) is 2.22. The Balaban J connectivity index is 1.96. The Kier molecular flexibility index (Phi) is 3.72. The molecule has 1 aromatic rings. The van der Waals surface area contributed by atoms with Crippen LogP contribution < -0.4 is 5.32 Å². The summed E-state index contributed by atoms with van der Waals surface area (Å²) in [5.41, 5.74) is 2.13. The average molecular weight is 252 g/mol. The number of hydrogen-bond donors (Lipinski definition) is 1. The lowest BCUT2D eigenvalue weighted by Crippen LogP contribution is -2.55. The number of aryl methyl sites for hydroxylation is 1. The number of hydrogen-bond acceptors (Lipinski definition) is 1. The minimum Gasteiger partial charge on any atom is -0.349 e. The molecule has 0 unspecified atom stereocenters. The first-order valence-corrected chi connectivity index (χ1v) is 6.60. The van der Waals surface area contributed by atoms with Crippen molar-refractivity contribution in [1.29, 1.82) is 0 Å². The lowest BCUT2D eigenvalue weighted by atomic mass is 9.78. The second kappa shape index (κ2) is 5.09. The molecule has 0 aromatic heterocycles. The fourth-order valence-corrected chi connectivity index (χ4v) is 2.55. The van der Waals surface area contributed by atoms with Gasteiger partial charge in [0.1, 0.15) is 0 Å². The third-order valence-corrected chi connectivity index (χ3v) is 4.09. The van der Waals surface area contributed by atoms with E-state index < -0.39 is 0 Å². The zero-order valence-corrected chi connectivity index (χ0v) is 10.9. The molecular weight excluding hydrogens is 234 g/mol. The number of rotatable bonds is 4. The summed E-state index contributed by atoms with van der Waals surface area (Å²) >= 11 is 5.92. The first kappa shape index (κ1) is 12.4. The molecular formula is C14H18ClNO. The maximum atomic E-state index is 12.0. The van der Waals surface area contributed by atoms with Crippen molar-refractivity contribution in [3.8, 4) is 0 Å². The molecule has 0 heterocycles. The van der Waals surface area contributed by atoms with E-state index in [2.05, 4.69) is 5.32 Å². The number of benzene rings is 1. The maximum absolute atomic E-state index is 12.0. The summed E-state index contributed by atoms with van der Waals surface area (Å²) < 4.78 is 0. The highest BCUT2D eigenvalue weighted by Gasteiger charge is 2.37. The van der Waals surface area contributed by atoms with Crippen molar-refractivity contribution in [2.75, 3.05) is 5.88 Å². The Morgan fingerprint density at radius 2 is 2.12 bits per heavy atom. The molecule has 1 amide bonds. The highest BCUT2D eigenvalue weighted by Crippen LogP contribution is 2.32. The molecule has 2 rings (SSSR count). The summed E-state index contributed by atoms with van der Waals surface area (Å²) in [6.07, 6.45) is 3.63. The standard InChI is InChI=1S/C14H18ClNO/c1-11-5-2-3-6-12(11)9-13(17)16-14(10-15)7-4-8-14/h2-3,5-6H,4,7-10H2,1H3,(H,16,17). The van der Waals surface area contributed by atoms with Crippen LogP contribution in [0.5, 0.6) is 0 Å². The molecule has 1 saturated carbocycles. The topological polar surface area (TPSA) is 29.1 Å². The maximum Gasteiger partial charge on any atom is 0.224 e. The molecule has 1 N–H and O–H groups in total. The van der Waals surface area contributed by atoms with Gasteiger partial charge in [-0.2, -0.15) is 0 Å². The van der Waals surface area contributed by atoms with Crippen molar-refractivity contribution in [3.63, 3.8) is 0 Å². The van der Waals surface area contributed by atoms with Crippen LogP contribution in [0.15, 0.2) is 24.3 Å². The Hall–Kier alpha value is -1.02. The minimum absolute atomic E-state index is 0.0830. The van der Waals surface area contributed by atoms with Gasteiger partial charge in [-0.3, -0.25) is 4.79 Å². The molecule has 0 radical (unpaired) electrons. The van der Waals surface area contributed by atoms with Gasteiger partial charge in [0.2, 0.25) is 5.91 Å². The summed E-state index contributed by atoms with van der Waals surface area (Å²) in [5.74, 6) is 0.603. The van der Waals surface area contributed by atoms with Gasteiger partial charge in [-0.1, -0.05) is 24.3 Å². The molecule has 0 saturated heterocycles. The number of carbonyl (C=O) groups is 1. The van der Waals surface area contributed by atoms with Crippen LogP contribution in [0.4, 0.5) is 0 Å². The summed E-state index contributed by atoms with van der Waals surface area (Å²) in [6.45, 7) is 2.03. The predicted octanol–water partition coefficient (Wildman–Crippen LogP) is 2.82. The summed E-state index contributed by atoms with van der Waals surface area (Å²) in [5, 5.41) is 3.08. The van der Waals surface area contributed by atoms with Crippen LogP contribution >= 0.6 is 11.6 Å². The van der Waals surface area contributed by atoms with Gasteiger partial charge in [0.05, 0.1) is 12.0 Å². The van der Waals surface area contributed by atoms with Gasteiger partial charge in [0.15, 0.2) is 0 Å². The largest absolute Gasteiger partial charge is 0.349 e. The predicted molar refractivity (Wildman–Crippen MR) is 70.3 cm³/mol. The summed E-state index contributed by atoms with van der Waals surface area (Å²) in [4.78, 5) is 12.0. The van der Waals surface area contributed by atoms with E-state index in [0.717, 1.165) is 30.4 Å².